The minimum Gasteiger partial charge on any atom is -0.490 e. The molecular formula is C29H22F2N4O5. The van der Waals surface area contributed by atoms with Gasteiger partial charge in [0, 0.05) is 12.6 Å². The van der Waals surface area contributed by atoms with Crippen molar-refractivity contribution in [1.29, 1.82) is 0 Å². The lowest BCUT2D eigenvalue weighted by Crippen LogP contribution is -2.24. The van der Waals surface area contributed by atoms with Gasteiger partial charge < -0.3 is 20.7 Å². The highest BCUT2D eigenvalue weighted by atomic mass is 19.2. The molecule has 4 aromatic rings. The van der Waals surface area contributed by atoms with Crippen molar-refractivity contribution in [2.24, 2.45) is 0 Å². The van der Waals surface area contributed by atoms with E-state index in [9.17, 15) is 28.5 Å². The molecule has 5 rings (SSSR count). The van der Waals surface area contributed by atoms with Crippen LogP contribution in [0.5, 0.6) is 5.75 Å². The highest BCUT2D eigenvalue weighted by Crippen LogP contribution is 2.37. The minimum absolute atomic E-state index is 0.00585. The summed E-state index contributed by atoms with van der Waals surface area (Å²) in [5, 5.41) is 20.0. The number of nitro benzene ring substituents is 1. The van der Waals surface area contributed by atoms with Gasteiger partial charge in [0.1, 0.15) is 0 Å². The van der Waals surface area contributed by atoms with Crippen LogP contribution in [0.15, 0.2) is 72.8 Å². The number of nitrogens with zero attached hydrogens (tertiary/aromatic N) is 1. The van der Waals surface area contributed by atoms with E-state index in [0.29, 0.717) is 44.9 Å². The van der Waals surface area contributed by atoms with Crippen LogP contribution in [0.25, 0.3) is 11.1 Å². The number of carbonyl (C=O) groups excluding carboxylic acids is 2. The van der Waals surface area contributed by atoms with E-state index in [1.54, 1.807) is 48.5 Å². The lowest BCUT2D eigenvalue weighted by Gasteiger charge is -2.12. The third-order valence-electron chi connectivity index (χ3n) is 6.41. The molecule has 2 amide bonds. The number of amides is 2. The SMILES string of the molecule is COc1cc(-c2ccc3c(c2)Nc2ccc(CC(=O)NCc4ccc(F)c(F)c4)cc2NC3=O)ccc1[N+](=O)[O-]. The van der Waals surface area contributed by atoms with E-state index >= 15 is 0 Å². The highest BCUT2D eigenvalue weighted by Gasteiger charge is 2.21. The fourth-order valence-corrected chi connectivity index (χ4v) is 4.38. The molecule has 3 N–H and O–H groups in total. The second-order valence-electron chi connectivity index (χ2n) is 9.07. The van der Waals surface area contributed by atoms with Gasteiger partial charge in [-0.3, -0.25) is 19.7 Å². The third kappa shape index (κ3) is 5.44. The second-order valence-corrected chi connectivity index (χ2v) is 9.07. The number of nitro groups is 1. The molecule has 202 valence electrons. The molecule has 11 heteroatoms. The Bertz CT molecular complexity index is 1670. The maximum atomic E-state index is 13.4. The molecule has 0 aromatic heterocycles. The molecule has 0 saturated heterocycles. The predicted octanol–water partition coefficient (Wildman–Crippen LogP) is 5.72. The van der Waals surface area contributed by atoms with E-state index in [4.69, 9.17) is 4.74 Å². The summed E-state index contributed by atoms with van der Waals surface area (Å²) in [6.45, 7) is 0.0392. The van der Waals surface area contributed by atoms with Crippen LogP contribution >= 0.6 is 0 Å². The Hall–Kier alpha value is -5.32. The summed E-state index contributed by atoms with van der Waals surface area (Å²) in [6.07, 6.45) is 0.00585. The Balaban J connectivity index is 1.33. The molecule has 1 aliphatic heterocycles. The Kier molecular flexibility index (Phi) is 7.11. The first kappa shape index (κ1) is 26.3. The van der Waals surface area contributed by atoms with Gasteiger partial charge >= 0.3 is 5.69 Å². The van der Waals surface area contributed by atoms with Gasteiger partial charge in [-0.15, -0.1) is 0 Å². The van der Waals surface area contributed by atoms with Gasteiger partial charge in [-0.1, -0.05) is 18.2 Å². The normalized spacial score (nSPS) is 11.8. The molecule has 0 spiro atoms. The van der Waals surface area contributed by atoms with Gasteiger partial charge in [-0.2, -0.15) is 0 Å². The first-order valence-electron chi connectivity index (χ1n) is 12.1. The number of anilines is 3. The van der Waals surface area contributed by atoms with Gasteiger partial charge in [0.15, 0.2) is 17.4 Å². The Morgan fingerprint density at radius 3 is 2.38 bits per heavy atom. The number of hydrogen-bond acceptors (Lipinski definition) is 6. The number of hydrogen-bond donors (Lipinski definition) is 3. The topological polar surface area (TPSA) is 123 Å². The highest BCUT2D eigenvalue weighted by molar-refractivity contribution is 6.12. The quantitative estimate of drug-likeness (QED) is 0.202. The monoisotopic (exact) mass is 544 g/mol. The molecule has 0 fully saturated rings. The van der Waals surface area contributed by atoms with Gasteiger partial charge in [0.2, 0.25) is 5.91 Å². The molecule has 40 heavy (non-hydrogen) atoms. The fraction of sp³-hybridized carbons (Fsp3) is 0.103. The summed E-state index contributed by atoms with van der Waals surface area (Å²) in [7, 11) is 1.36. The molecule has 0 unspecified atom stereocenters. The maximum Gasteiger partial charge on any atom is 0.310 e. The summed E-state index contributed by atoms with van der Waals surface area (Å²) in [6, 6.07) is 18.3. The number of halogens is 2. The van der Waals surface area contributed by atoms with E-state index < -0.39 is 16.6 Å². The molecule has 4 aromatic carbocycles. The van der Waals surface area contributed by atoms with Crippen molar-refractivity contribution in [2.75, 3.05) is 17.7 Å². The fourth-order valence-electron chi connectivity index (χ4n) is 4.38. The van der Waals surface area contributed by atoms with Crippen molar-refractivity contribution < 1.29 is 28.0 Å². The Morgan fingerprint density at radius 1 is 0.875 bits per heavy atom. The summed E-state index contributed by atoms with van der Waals surface area (Å²) in [5.41, 5.74) is 4.29. The largest absolute Gasteiger partial charge is 0.490 e. The zero-order valence-corrected chi connectivity index (χ0v) is 21.1. The van der Waals surface area contributed by atoms with Crippen molar-refractivity contribution in [3.8, 4) is 16.9 Å². The Morgan fingerprint density at radius 2 is 1.62 bits per heavy atom. The summed E-state index contributed by atoms with van der Waals surface area (Å²) in [4.78, 5) is 36.2. The third-order valence-corrected chi connectivity index (χ3v) is 6.41. The molecule has 1 aliphatic rings. The number of carbonyl (C=O) groups is 2. The number of rotatable bonds is 7. The van der Waals surface area contributed by atoms with Crippen LogP contribution < -0.4 is 20.7 Å². The van der Waals surface area contributed by atoms with Crippen LogP contribution in [-0.4, -0.2) is 23.8 Å². The number of ether oxygens (including phenoxy) is 1. The van der Waals surface area contributed by atoms with E-state index in [1.165, 1.54) is 19.2 Å². The molecule has 0 aliphatic carbocycles. The molecule has 1 heterocycles. The molecule has 0 bridgehead atoms. The van der Waals surface area contributed by atoms with Crippen molar-refractivity contribution in [3.05, 3.63) is 111 Å². The number of fused-ring (bicyclic) bond motifs is 2. The summed E-state index contributed by atoms with van der Waals surface area (Å²) < 4.78 is 31.7. The van der Waals surface area contributed by atoms with Crippen molar-refractivity contribution >= 4 is 34.6 Å². The Labute approximate surface area is 226 Å². The van der Waals surface area contributed by atoms with Crippen molar-refractivity contribution in [3.63, 3.8) is 0 Å². The second kappa shape index (κ2) is 10.8. The number of benzene rings is 4. The average Bonchev–Trinajstić information content (AvgIpc) is 3.08. The van der Waals surface area contributed by atoms with Gasteiger partial charge in [0.05, 0.1) is 41.1 Å². The smallest absolute Gasteiger partial charge is 0.310 e. The number of nitrogens with one attached hydrogen (secondary N) is 3. The van der Waals surface area contributed by atoms with Gasteiger partial charge in [-0.05, 0) is 70.8 Å². The van der Waals surface area contributed by atoms with Crippen molar-refractivity contribution in [2.45, 2.75) is 13.0 Å². The zero-order chi connectivity index (χ0) is 28.4. The van der Waals surface area contributed by atoms with Crippen LogP contribution in [0.4, 0.5) is 31.5 Å². The predicted molar refractivity (Wildman–Crippen MR) is 145 cm³/mol. The lowest BCUT2D eigenvalue weighted by molar-refractivity contribution is -0.385. The number of methoxy groups -OCH3 is 1. The van der Waals surface area contributed by atoms with E-state index in [2.05, 4.69) is 16.0 Å². The van der Waals surface area contributed by atoms with Crippen molar-refractivity contribution in [1.82, 2.24) is 5.32 Å². The lowest BCUT2D eigenvalue weighted by atomic mass is 10.0. The first-order valence-corrected chi connectivity index (χ1v) is 12.1. The zero-order valence-electron chi connectivity index (χ0n) is 21.1. The van der Waals surface area contributed by atoms with Crippen LogP contribution in [0.2, 0.25) is 0 Å². The van der Waals surface area contributed by atoms with Crippen LogP contribution in [0, 0.1) is 21.7 Å². The molecular weight excluding hydrogens is 522 g/mol. The van der Waals surface area contributed by atoms with E-state index in [-0.39, 0.29) is 36.2 Å². The average molecular weight is 545 g/mol. The maximum absolute atomic E-state index is 13.4. The van der Waals surface area contributed by atoms with E-state index in [0.717, 1.165) is 12.1 Å². The van der Waals surface area contributed by atoms with Crippen LogP contribution in [0.1, 0.15) is 21.5 Å². The van der Waals surface area contributed by atoms with E-state index in [1.807, 2.05) is 0 Å². The van der Waals surface area contributed by atoms with Crippen LogP contribution in [-0.2, 0) is 17.8 Å². The minimum atomic E-state index is -0.985. The standard InChI is InChI=1S/C29H22F2N4O5/c1-40-27-14-19(5-9-26(27)35(38)39)18-4-6-20-24(13-18)33-23-8-3-16(11-25(23)34-29(20)37)12-28(36)32-15-17-2-7-21(30)22(31)10-17/h2-11,13-14,33H,12,15H2,1H3,(H,32,36)(H,34,37). The molecule has 9 nitrogen and oxygen atoms in total. The summed E-state index contributed by atoms with van der Waals surface area (Å²) >= 11 is 0. The van der Waals surface area contributed by atoms with Gasteiger partial charge in [0.25, 0.3) is 5.91 Å². The molecule has 0 atom stereocenters. The summed E-state index contributed by atoms with van der Waals surface area (Å²) in [5.74, 6) is -2.50. The van der Waals surface area contributed by atoms with Gasteiger partial charge in [-0.25, -0.2) is 8.78 Å². The molecule has 0 saturated carbocycles. The van der Waals surface area contributed by atoms with Crippen LogP contribution in [0.3, 0.4) is 0 Å². The first-order chi connectivity index (χ1) is 19.2. The molecule has 0 radical (unpaired) electrons.